The molecule has 0 saturated carbocycles. The monoisotopic (exact) mass is 365 g/mol. The smallest absolute Gasteiger partial charge is 0.332 e. The van der Waals surface area contributed by atoms with Gasteiger partial charge < -0.3 is 4.90 Å². The van der Waals surface area contributed by atoms with Gasteiger partial charge in [-0.3, -0.25) is 4.79 Å². The topological polar surface area (TPSA) is 54.5 Å². The Morgan fingerprint density at radius 2 is 1.68 bits per heavy atom. The molecular weight excluding hydrogens is 348 g/mol. The first-order chi connectivity index (χ1) is 11.9. The summed E-state index contributed by atoms with van der Waals surface area (Å²) >= 11 is 0. The van der Waals surface area contributed by atoms with Crippen molar-refractivity contribution >= 4 is 15.7 Å². The number of alkyl halides is 2. The number of carbonyl (C=O) groups is 1. The van der Waals surface area contributed by atoms with Crippen LogP contribution in [0, 0.1) is 0 Å². The van der Waals surface area contributed by atoms with E-state index in [-0.39, 0.29) is 17.5 Å². The van der Waals surface area contributed by atoms with Gasteiger partial charge in [-0.25, -0.2) is 8.42 Å². The molecule has 1 unspecified atom stereocenters. The standard InChI is InChI=1S/C18H17F2NO3S/c19-18(20)25(23,24)15-10-8-14(9-11-15)17(22)21-12-4-7-16(21)13-5-2-1-3-6-13/h1-3,5-6,8-11,16,18H,4,7,12H2. The summed E-state index contributed by atoms with van der Waals surface area (Å²) in [7, 11) is -4.65. The number of benzene rings is 2. The van der Waals surface area contributed by atoms with Crippen LogP contribution in [0.3, 0.4) is 0 Å². The average Bonchev–Trinajstić information content (AvgIpc) is 3.11. The van der Waals surface area contributed by atoms with E-state index in [0.29, 0.717) is 6.54 Å². The van der Waals surface area contributed by atoms with Gasteiger partial charge in [-0.1, -0.05) is 30.3 Å². The number of likely N-dealkylation sites (tertiary alicyclic amines) is 1. The largest absolute Gasteiger partial charge is 0.341 e. The summed E-state index contributed by atoms with van der Waals surface area (Å²) in [6.45, 7) is 0.607. The minimum absolute atomic E-state index is 0.0295. The highest BCUT2D eigenvalue weighted by Crippen LogP contribution is 2.33. The molecule has 1 atom stereocenters. The Balaban J connectivity index is 1.83. The van der Waals surface area contributed by atoms with Crippen LogP contribution in [-0.4, -0.2) is 31.5 Å². The van der Waals surface area contributed by atoms with Gasteiger partial charge in [0.1, 0.15) is 0 Å². The van der Waals surface area contributed by atoms with Crippen LogP contribution in [0.5, 0.6) is 0 Å². The molecule has 0 aliphatic carbocycles. The van der Waals surface area contributed by atoms with Gasteiger partial charge in [0, 0.05) is 12.1 Å². The fourth-order valence-electron chi connectivity index (χ4n) is 3.09. The van der Waals surface area contributed by atoms with E-state index in [1.54, 1.807) is 4.90 Å². The zero-order valence-electron chi connectivity index (χ0n) is 13.3. The van der Waals surface area contributed by atoms with Gasteiger partial charge in [0.25, 0.3) is 5.91 Å². The second-order valence-electron chi connectivity index (χ2n) is 5.90. The number of hydrogen-bond acceptors (Lipinski definition) is 3. The summed E-state index contributed by atoms with van der Waals surface area (Å²) in [4.78, 5) is 14.0. The molecule has 0 bridgehead atoms. The molecule has 0 aromatic heterocycles. The van der Waals surface area contributed by atoms with E-state index in [1.807, 2.05) is 30.3 Å². The summed E-state index contributed by atoms with van der Waals surface area (Å²) in [5, 5.41) is 0. The van der Waals surface area contributed by atoms with E-state index >= 15 is 0 Å². The molecule has 132 valence electrons. The highest BCUT2D eigenvalue weighted by Gasteiger charge is 2.31. The third-order valence-corrected chi connectivity index (χ3v) is 5.76. The lowest BCUT2D eigenvalue weighted by atomic mass is 10.0. The maximum Gasteiger partial charge on any atom is 0.341 e. The minimum atomic E-state index is -4.65. The van der Waals surface area contributed by atoms with Gasteiger partial charge in [-0.05, 0) is 42.7 Å². The number of hydrogen-bond donors (Lipinski definition) is 0. The zero-order valence-corrected chi connectivity index (χ0v) is 14.1. The predicted octanol–water partition coefficient (Wildman–Crippen LogP) is 3.66. The Labute approximate surface area is 145 Å². The summed E-state index contributed by atoms with van der Waals surface area (Å²) in [5.41, 5.74) is 1.33. The number of carbonyl (C=O) groups excluding carboxylic acids is 1. The van der Waals surface area contributed by atoms with Gasteiger partial charge in [-0.15, -0.1) is 0 Å². The molecule has 1 heterocycles. The molecule has 4 nitrogen and oxygen atoms in total. The van der Waals surface area contributed by atoms with Crippen LogP contribution in [-0.2, 0) is 9.84 Å². The van der Waals surface area contributed by atoms with E-state index in [9.17, 15) is 22.0 Å². The highest BCUT2D eigenvalue weighted by atomic mass is 32.2. The number of rotatable bonds is 4. The number of amides is 1. The van der Waals surface area contributed by atoms with E-state index in [4.69, 9.17) is 0 Å². The van der Waals surface area contributed by atoms with Crippen LogP contribution in [0.2, 0.25) is 0 Å². The lowest BCUT2D eigenvalue weighted by Crippen LogP contribution is -2.30. The number of sulfone groups is 1. The Hall–Kier alpha value is -2.28. The first-order valence-electron chi connectivity index (χ1n) is 7.89. The van der Waals surface area contributed by atoms with Crippen LogP contribution in [0.4, 0.5) is 8.78 Å². The molecular formula is C18H17F2NO3S. The molecule has 1 aliphatic heterocycles. The molecule has 7 heteroatoms. The number of halogens is 2. The Bertz CT molecular complexity index is 852. The molecule has 1 saturated heterocycles. The highest BCUT2D eigenvalue weighted by molar-refractivity contribution is 7.91. The maximum atomic E-state index is 12.8. The Kier molecular flexibility index (Phi) is 4.85. The van der Waals surface area contributed by atoms with E-state index in [1.165, 1.54) is 12.1 Å². The van der Waals surface area contributed by atoms with Gasteiger partial charge in [0.05, 0.1) is 10.9 Å². The minimum Gasteiger partial charge on any atom is -0.332 e. The summed E-state index contributed by atoms with van der Waals surface area (Å²) in [5.74, 6) is -3.71. The fourth-order valence-corrected chi connectivity index (χ4v) is 3.81. The van der Waals surface area contributed by atoms with Crippen LogP contribution < -0.4 is 0 Å². The van der Waals surface area contributed by atoms with Crippen molar-refractivity contribution in [2.75, 3.05) is 6.54 Å². The lowest BCUT2D eigenvalue weighted by Gasteiger charge is -2.25. The third-order valence-electron chi connectivity index (χ3n) is 4.36. The second-order valence-corrected chi connectivity index (χ2v) is 7.82. The molecule has 25 heavy (non-hydrogen) atoms. The molecule has 0 N–H and O–H groups in total. The van der Waals surface area contributed by atoms with E-state index < -0.39 is 20.5 Å². The van der Waals surface area contributed by atoms with Gasteiger partial charge in [-0.2, -0.15) is 8.78 Å². The molecule has 2 aromatic rings. The van der Waals surface area contributed by atoms with E-state index in [0.717, 1.165) is 30.5 Å². The normalized spacial score (nSPS) is 17.9. The van der Waals surface area contributed by atoms with E-state index in [2.05, 4.69) is 0 Å². The Morgan fingerprint density at radius 3 is 2.28 bits per heavy atom. The molecule has 1 aliphatic rings. The third kappa shape index (κ3) is 3.42. The van der Waals surface area contributed by atoms with Crippen molar-refractivity contribution in [1.29, 1.82) is 0 Å². The lowest BCUT2D eigenvalue weighted by molar-refractivity contribution is 0.0735. The Morgan fingerprint density at radius 1 is 1.04 bits per heavy atom. The molecule has 2 aromatic carbocycles. The SMILES string of the molecule is O=C(c1ccc(S(=O)(=O)C(F)F)cc1)N1CCCC1c1ccccc1. The fraction of sp³-hybridized carbons (Fsp3) is 0.278. The quantitative estimate of drug-likeness (QED) is 0.831. The molecule has 3 rings (SSSR count). The molecule has 1 fully saturated rings. The second kappa shape index (κ2) is 6.92. The number of nitrogens with zero attached hydrogens (tertiary/aromatic N) is 1. The molecule has 0 radical (unpaired) electrons. The van der Waals surface area contributed by atoms with Crippen LogP contribution in [0.15, 0.2) is 59.5 Å². The van der Waals surface area contributed by atoms with Gasteiger partial charge in [0.15, 0.2) is 0 Å². The van der Waals surface area contributed by atoms with Crippen molar-refractivity contribution in [3.63, 3.8) is 0 Å². The van der Waals surface area contributed by atoms with Crippen LogP contribution in [0.25, 0.3) is 0 Å². The summed E-state index contributed by atoms with van der Waals surface area (Å²) < 4.78 is 48.1. The van der Waals surface area contributed by atoms with Crippen molar-refractivity contribution in [2.45, 2.75) is 29.5 Å². The maximum absolute atomic E-state index is 12.8. The van der Waals surface area contributed by atoms with Crippen LogP contribution in [0.1, 0.15) is 34.8 Å². The zero-order chi connectivity index (χ0) is 18.0. The predicted molar refractivity (Wildman–Crippen MR) is 89.1 cm³/mol. The van der Waals surface area contributed by atoms with Crippen LogP contribution >= 0.6 is 0 Å². The van der Waals surface area contributed by atoms with Crippen molar-refractivity contribution in [2.24, 2.45) is 0 Å². The van der Waals surface area contributed by atoms with Gasteiger partial charge >= 0.3 is 5.76 Å². The van der Waals surface area contributed by atoms with Crippen molar-refractivity contribution in [3.05, 3.63) is 65.7 Å². The van der Waals surface area contributed by atoms with Crippen molar-refractivity contribution in [3.8, 4) is 0 Å². The molecule has 0 spiro atoms. The first-order valence-corrected chi connectivity index (χ1v) is 9.44. The summed E-state index contributed by atoms with van der Waals surface area (Å²) in [6, 6.07) is 14.3. The van der Waals surface area contributed by atoms with Crippen molar-refractivity contribution < 1.29 is 22.0 Å². The molecule has 1 amide bonds. The van der Waals surface area contributed by atoms with Crippen molar-refractivity contribution in [1.82, 2.24) is 4.90 Å². The van der Waals surface area contributed by atoms with Gasteiger partial charge in [0.2, 0.25) is 9.84 Å². The first kappa shape index (κ1) is 17.5. The average molecular weight is 365 g/mol. The summed E-state index contributed by atoms with van der Waals surface area (Å²) in [6.07, 6.45) is 1.73.